The molecule has 0 atom stereocenters. The van der Waals surface area contributed by atoms with Gasteiger partial charge in [-0.2, -0.15) is 0 Å². The van der Waals surface area contributed by atoms with Gasteiger partial charge >= 0.3 is 0 Å². The zero-order valence-electron chi connectivity index (χ0n) is 16.6. The first-order valence-corrected chi connectivity index (χ1v) is 11.0. The summed E-state index contributed by atoms with van der Waals surface area (Å²) in [6, 6.07) is 36.4. The molecule has 0 N–H and O–H groups in total. The molecule has 0 fully saturated rings. The van der Waals surface area contributed by atoms with Gasteiger partial charge < -0.3 is 4.57 Å². The average Bonchev–Trinajstić information content (AvgIpc) is 3.50. The second-order valence-corrected chi connectivity index (χ2v) is 8.37. The lowest BCUT2D eigenvalue weighted by molar-refractivity contribution is 0.514. The topological polar surface area (TPSA) is 17.8 Å². The standard InChI is InChI=1S/C27H22N2S/c1-4-11-22(12-5-1)27(23-13-6-2-7-14-23,24-15-8-3-9-16-24)29-20-25(28-21-29)19-26-17-10-18-30-26/h1-18,20-21H,19H2. The molecule has 0 amide bonds. The molecule has 0 bridgehead atoms. The summed E-state index contributed by atoms with van der Waals surface area (Å²) in [6.45, 7) is 0. The van der Waals surface area contributed by atoms with E-state index in [1.807, 2.05) is 6.33 Å². The summed E-state index contributed by atoms with van der Waals surface area (Å²) in [7, 11) is 0. The number of hydrogen-bond acceptors (Lipinski definition) is 2. The third-order valence-corrected chi connectivity index (χ3v) is 6.41. The Bertz CT molecular complexity index is 1100. The molecule has 2 aromatic heterocycles. The highest BCUT2D eigenvalue weighted by molar-refractivity contribution is 7.09. The van der Waals surface area contributed by atoms with Crippen molar-refractivity contribution < 1.29 is 0 Å². The second kappa shape index (κ2) is 8.13. The van der Waals surface area contributed by atoms with Crippen molar-refractivity contribution in [2.45, 2.75) is 12.0 Å². The Balaban J connectivity index is 1.75. The fraction of sp³-hybridized carbons (Fsp3) is 0.0741. The fourth-order valence-corrected chi connectivity index (χ4v) is 4.94. The molecular weight excluding hydrogens is 384 g/mol. The Kier molecular flexibility index (Phi) is 5.04. The number of aromatic nitrogens is 2. The third-order valence-electron chi connectivity index (χ3n) is 5.53. The van der Waals surface area contributed by atoms with Crippen molar-refractivity contribution >= 4 is 11.3 Å². The van der Waals surface area contributed by atoms with Crippen molar-refractivity contribution in [3.8, 4) is 0 Å². The van der Waals surface area contributed by atoms with Gasteiger partial charge in [-0.1, -0.05) is 97.1 Å². The minimum Gasteiger partial charge on any atom is -0.319 e. The first kappa shape index (κ1) is 18.6. The highest BCUT2D eigenvalue weighted by Crippen LogP contribution is 2.40. The first-order chi connectivity index (χ1) is 14.9. The van der Waals surface area contributed by atoms with Crippen molar-refractivity contribution in [3.05, 3.63) is 148 Å². The van der Waals surface area contributed by atoms with Gasteiger partial charge in [-0.05, 0) is 28.1 Å². The predicted octanol–water partition coefficient (Wildman–Crippen LogP) is 6.38. The number of imidazole rings is 1. The number of rotatable bonds is 6. The monoisotopic (exact) mass is 406 g/mol. The minimum absolute atomic E-state index is 0.496. The van der Waals surface area contributed by atoms with E-state index in [1.165, 1.54) is 21.6 Å². The molecule has 0 radical (unpaired) electrons. The Labute approximate surface area is 181 Å². The fourth-order valence-electron chi connectivity index (χ4n) is 4.22. The molecule has 5 aromatic rings. The molecule has 0 aliphatic heterocycles. The molecule has 0 saturated heterocycles. The van der Waals surface area contributed by atoms with Crippen molar-refractivity contribution in [2.24, 2.45) is 0 Å². The molecule has 0 aliphatic rings. The van der Waals surface area contributed by atoms with E-state index in [4.69, 9.17) is 4.98 Å². The second-order valence-electron chi connectivity index (χ2n) is 7.34. The van der Waals surface area contributed by atoms with Crippen molar-refractivity contribution in [1.82, 2.24) is 9.55 Å². The van der Waals surface area contributed by atoms with Crippen LogP contribution >= 0.6 is 11.3 Å². The third kappa shape index (κ3) is 3.27. The largest absolute Gasteiger partial charge is 0.319 e. The lowest BCUT2D eigenvalue weighted by Crippen LogP contribution is -2.36. The summed E-state index contributed by atoms with van der Waals surface area (Å²) in [5.41, 5.74) is 4.21. The van der Waals surface area contributed by atoms with Crippen LogP contribution < -0.4 is 0 Å². The Morgan fingerprint density at radius 1 is 0.667 bits per heavy atom. The average molecular weight is 407 g/mol. The Hall–Kier alpha value is -3.43. The van der Waals surface area contributed by atoms with Crippen LogP contribution in [0.3, 0.4) is 0 Å². The summed E-state index contributed by atoms with van der Waals surface area (Å²) >= 11 is 1.77. The van der Waals surface area contributed by atoms with E-state index >= 15 is 0 Å². The van der Waals surface area contributed by atoms with Crippen LogP contribution in [0.25, 0.3) is 0 Å². The van der Waals surface area contributed by atoms with E-state index in [0.717, 1.165) is 12.1 Å². The maximum atomic E-state index is 4.80. The van der Waals surface area contributed by atoms with Crippen LogP contribution in [0.15, 0.2) is 121 Å². The lowest BCUT2D eigenvalue weighted by Gasteiger charge is -2.37. The van der Waals surface area contributed by atoms with Crippen LogP contribution in [0.4, 0.5) is 0 Å². The molecule has 0 saturated carbocycles. The SMILES string of the molecule is c1ccc(C(c2ccccc2)(c2ccccc2)n2cnc(Cc3cccs3)c2)cc1. The van der Waals surface area contributed by atoms with Crippen molar-refractivity contribution in [1.29, 1.82) is 0 Å². The minimum atomic E-state index is -0.496. The van der Waals surface area contributed by atoms with Gasteiger partial charge in [0.05, 0.1) is 12.0 Å². The quantitative estimate of drug-likeness (QED) is 0.299. The first-order valence-electron chi connectivity index (χ1n) is 10.1. The van der Waals surface area contributed by atoms with Gasteiger partial charge in [-0.25, -0.2) is 4.98 Å². The number of benzene rings is 3. The van der Waals surface area contributed by atoms with E-state index in [-0.39, 0.29) is 0 Å². The summed E-state index contributed by atoms with van der Waals surface area (Å²) in [5, 5.41) is 2.12. The summed E-state index contributed by atoms with van der Waals surface area (Å²) in [4.78, 5) is 6.13. The van der Waals surface area contributed by atoms with E-state index < -0.39 is 5.54 Å². The molecule has 2 heterocycles. The highest BCUT2D eigenvalue weighted by atomic mass is 32.1. The summed E-state index contributed by atoms with van der Waals surface area (Å²) in [5.74, 6) is 0. The molecule has 2 nitrogen and oxygen atoms in total. The van der Waals surface area contributed by atoms with E-state index in [2.05, 4.69) is 119 Å². The van der Waals surface area contributed by atoms with Gasteiger partial charge in [0.25, 0.3) is 0 Å². The summed E-state index contributed by atoms with van der Waals surface area (Å²) in [6.07, 6.45) is 5.03. The van der Waals surface area contributed by atoms with Crippen LogP contribution in [0.1, 0.15) is 27.3 Å². The smallest absolute Gasteiger partial charge is 0.121 e. The van der Waals surface area contributed by atoms with Crippen molar-refractivity contribution in [3.63, 3.8) is 0 Å². The molecule has 0 spiro atoms. The summed E-state index contributed by atoms with van der Waals surface area (Å²) < 4.78 is 2.27. The highest BCUT2D eigenvalue weighted by Gasteiger charge is 2.38. The maximum Gasteiger partial charge on any atom is 0.121 e. The number of nitrogens with zero attached hydrogens (tertiary/aromatic N) is 2. The van der Waals surface area contributed by atoms with E-state index in [1.54, 1.807) is 11.3 Å². The molecule has 0 unspecified atom stereocenters. The molecule has 3 aromatic carbocycles. The van der Waals surface area contributed by atoms with E-state index in [0.29, 0.717) is 0 Å². The van der Waals surface area contributed by atoms with E-state index in [9.17, 15) is 0 Å². The Morgan fingerprint density at radius 3 is 1.67 bits per heavy atom. The van der Waals surface area contributed by atoms with Gasteiger partial charge in [-0.3, -0.25) is 0 Å². The molecule has 30 heavy (non-hydrogen) atoms. The van der Waals surface area contributed by atoms with Crippen LogP contribution in [0.5, 0.6) is 0 Å². The van der Waals surface area contributed by atoms with Gasteiger partial charge in [0, 0.05) is 17.5 Å². The van der Waals surface area contributed by atoms with Crippen LogP contribution in [0, 0.1) is 0 Å². The number of hydrogen-bond donors (Lipinski definition) is 0. The maximum absolute atomic E-state index is 4.80. The zero-order chi connectivity index (χ0) is 20.2. The van der Waals surface area contributed by atoms with Gasteiger partial charge in [0.2, 0.25) is 0 Å². The van der Waals surface area contributed by atoms with Gasteiger partial charge in [-0.15, -0.1) is 11.3 Å². The van der Waals surface area contributed by atoms with Crippen LogP contribution in [0.2, 0.25) is 0 Å². The Morgan fingerprint density at radius 2 is 1.20 bits per heavy atom. The van der Waals surface area contributed by atoms with Gasteiger partial charge in [0.15, 0.2) is 0 Å². The molecule has 146 valence electrons. The molecule has 3 heteroatoms. The zero-order valence-corrected chi connectivity index (χ0v) is 17.4. The van der Waals surface area contributed by atoms with Crippen molar-refractivity contribution in [2.75, 3.05) is 0 Å². The molecule has 5 rings (SSSR count). The van der Waals surface area contributed by atoms with Crippen LogP contribution in [-0.4, -0.2) is 9.55 Å². The van der Waals surface area contributed by atoms with Crippen LogP contribution in [-0.2, 0) is 12.0 Å². The van der Waals surface area contributed by atoms with Gasteiger partial charge in [0.1, 0.15) is 5.54 Å². The predicted molar refractivity (Wildman–Crippen MR) is 124 cm³/mol. The number of thiophene rings is 1. The molecule has 0 aliphatic carbocycles. The lowest BCUT2D eigenvalue weighted by atomic mass is 9.77. The normalized spacial score (nSPS) is 11.5. The molecular formula is C27H22N2S.